The molecule has 26 heavy (non-hydrogen) atoms. The Morgan fingerprint density at radius 1 is 1.27 bits per heavy atom. The molecule has 6 heteroatoms. The molecule has 1 amide bonds. The highest BCUT2D eigenvalue weighted by Gasteiger charge is 2.26. The monoisotopic (exact) mass is 351 g/mol. The number of hydrogen-bond donors (Lipinski definition) is 1. The van der Waals surface area contributed by atoms with Gasteiger partial charge in [-0.25, -0.2) is 4.98 Å². The first-order valence-corrected chi connectivity index (χ1v) is 9.40. The molecule has 136 valence electrons. The largest absolute Gasteiger partial charge is 0.358 e. The Kier molecular flexibility index (Phi) is 4.73. The quantitative estimate of drug-likeness (QED) is 0.767. The molecule has 0 radical (unpaired) electrons. The van der Waals surface area contributed by atoms with E-state index in [1.807, 2.05) is 4.90 Å². The Labute approximate surface area is 153 Å². The number of carbonyl (C=O) groups excluding carboxylic acids is 1. The molecule has 0 saturated carbocycles. The molecule has 2 aromatic heterocycles. The number of rotatable bonds is 5. The van der Waals surface area contributed by atoms with Gasteiger partial charge in [0.05, 0.1) is 0 Å². The highest BCUT2D eigenvalue weighted by Crippen LogP contribution is 2.35. The van der Waals surface area contributed by atoms with E-state index in [0.717, 1.165) is 38.9 Å². The van der Waals surface area contributed by atoms with Gasteiger partial charge >= 0.3 is 0 Å². The molecule has 1 saturated heterocycles. The number of aromatic amines is 1. The van der Waals surface area contributed by atoms with Gasteiger partial charge in [0.15, 0.2) is 0 Å². The molecule has 0 aliphatic carbocycles. The second-order valence-corrected chi connectivity index (χ2v) is 7.13. The van der Waals surface area contributed by atoms with E-state index < -0.39 is 0 Å². The topological polar surface area (TPSA) is 66.8 Å². The van der Waals surface area contributed by atoms with Crippen molar-refractivity contribution in [3.05, 3.63) is 48.2 Å². The number of fused-ring (bicyclic) bond motifs is 1. The molecule has 1 aliphatic rings. The molecule has 1 N–H and O–H groups in total. The Morgan fingerprint density at radius 3 is 2.85 bits per heavy atom. The summed E-state index contributed by atoms with van der Waals surface area (Å²) in [5.74, 6) is 0.796. The van der Waals surface area contributed by atoms with Crippen molar-refractivity contribution in [2.45, 2.75) is 45.1 Å². The van der Waals surface area contributed by atoms with Gasteiger partial charge in [0, 0.05) is 42.7 Å². The Bertz CT molecular complexity index is 875. The van der Waals surface area contributed by atoms with Crippen LogP contribution in [0.1, 0.15) is 42.9 Å². The summed E-state index contributed by atoms with van der Waals surface area (Å²) in [6.45, 7) is 4.62. The maximum atomic E-state index is 12.5. The van der Waals surface area contributed by atoms with Gasteiger partial charge < -0.3 is 9.88 Å². The third-order valence-corrected chi connectivity index (χ3v) is 5.44. The van der Waals surface area contributed by atoms with Gasteiger partial charge in [-0.15, -0.1) is 0 Å². The SMILES string of the molecule is Cc1[nH]c2ccccc2c1C1CCN(C(=O)CCCn2cncn2)CC1. The highest BCUT2D eigenvalue weighted by atomic mass is 16.2. The molecule has 1 aliphatic heterocycles. The van der Waals surface area contributed by atoms with Crippen LogP contribution >= 0.6 is 0 Å². The summed E-state index contributed by atoms with van der Waals surface area (Å²) >= 11 is 0. The van der Waals surface area contributed by atoms with Crippen molar-refractivity contribution < 1.29 is 4.79 Å². The lowest BCUT2D eigenvalue weighted by Gasteiger charge is -2.32. The normalized spacial score (nSPS) is 15.7. The second-order valence-electron chi connectivity index (χ2n) is 7.13. The standard InChI is InChI=1S/C20H25N5O/c1-15-20(17-5-2-3-6-18(17)23-15)16-8-11-24(12-9-16)19(26)7-4-10-25-14-21-13-22-25/h2-3,5-6,13-14,16,23H,4,7-12H2,1H3. The van der Waals surface area contributed by atoms with Gasteiger partial charge in [-0.1, -0.05) is 18.2 Å². The molecule has 0 bridgehead atoms. The van der Waals surface area contributed by atoms with Gasteiger partial charge in [0.1, 0.15) is 12.7 Å². The Hall–Kier alpha value is -2.63. The minimum atomic E-state index is 0.263. The van der Waals surface area contributed by atoms with Crippen molar-refractivity contribution in [1.29, 1.82) is 0 Å². The molecule has 1 fully saturated rings. The van der Waals surface area contributed by atoms with E-state index in [1.54, 1.807) is 11.0 Å². The van der Waals surface area contributed by atoms with Gasteiger partial charge in [-0.3, -0.25) is 9.48 Å². The second kappa shape index (κ2) is 7.32. The lowest BCUT2D eigenvalue weighted by Crippen LogP contribution is -2.38. The number of carbonyl (C=O) groups is 1. The first-order valence-electron chi connectivity index (χ1n) is 9.40. The third-order valence-electron chi connectivity index (χ3n) is 5.44. The lowest BCUT2D eigenvalue weighted by atomic mass is 9.87. The van der Waals surface area contributed by atoms with Crippen LogP contribution in [0, 0.1) is 6.92 Å². The fourth-order valence-corrected chi connectivity index (χ4v) is 4.14. The highest BCUT2D eigenvalue weighted by molar-refractivity contribution is 5.85. The van der Waals surface area contributed by atoms with Crippen molar-refractivity contribution in [2.75, 3.05) is 13.1 Å². The molecule has 3 heterocycles. The van der Waals surface area contributed by atoms with Crippen molar-refractivity contribution in [3.8, 4) is 0 Å². The van der Waals surface area contributed by atoms with E-state index in [-0.39, 0.29) is 5.91 Å². The minimum Gasteiger partial charge on any atom is -0.358 e. The Morgan fingerprint density at radius 2 is 2.08 bits per heavy atom. The molecule has 1 aromatic carbocycles. The third kappa shape index (κ3) is 3.36. The number of H-pyrrole nitrogens is 1. The van der Waals surface area contributed by atoms with Crippen LogP contribution in [0.5, 0.6) is 0 Å². The summed E-state index contributed by atoms with van der Waals surface area (Å²) < 4.78 is 1.78. The smallest absolute Gasteiger partial charge is 0.222 e. The van der Waals surface area contributed by atoms with Gasteiger partial charge in [-0.2, -0.15) is 5.10 Å². The first kappa shape index (κ1) is 16.8. The number of benzene rings is 1. The lowest BCUT2D eigenvalue weighted by molar-refractivity contribution is -0.132. The number of hydrogen-bond acceptors (Lipinski definition) is 3. The minimum absolute atomic E-state index is 0.263. The zero-order valence-corrected chi connectivity index (χ0v) is 15.2. The molecule has 6 nitrogen and oxygen atoms in total. The number of aromatic nitrogens is 4. The fraction of sp³-hybridized carbons (Fsp3) is 0.450. The summed E-state index contributed by atoms with van der Waals surface area (Å²) in [5.41, 5.74) is 3.93. The first-order chi connectivity index (χ1) is 12.7. The summed E-state index contributed by atoms with van der Waals surface area (Å²) in [7, 11) is 0. The predicted molar refractivity (Wildman–Crippen MR) is 101 cm³/mol. The summed E-state index contributed by atoms with van der Waals surface area (Å²) in [5, 5.41) is 5.41. The molecule has 4 rings (SSSR count). The Balaban J connectivity index is 1.33. The van der Waals surface area contributed by atoms with Crippen LogP contribution in [0.3, 0.4) is 0 Å². The van der Waals surface area contributed by atoms with Crippen LogP contribution in [0.4, 0.5) is 0 Å². The number of likely N-dealkylation sites (tertiary alicyclic amines) is 1. The zero-order valence-electron chi connectivity index (χ0n) is 15.2. The van der Waals surface area contributed by atoms with E-state index in [2.05, 4.69) is 46.3 Å². The van der Waals surface area contributed by atoms with E-state index in [4.69, 9.17) is 0 Å². The van der Waals surface area contributed by atoms with Crippen LogP contribution < -0.4 is 0 Å². The number of nitrogens with zero attached hydrogens (tertiary/aromatic N) is 4. The molecule has 0 spiro atoms. The molecular weight excluding hydrogens is 326 g/mol. The molecular formula is C20H25N5O. The van der Waals surface area contributed by atoms with Crippen molar-refractivity contribution >= 4 is 16.8 Å². The van der Waals surface area contributed by atoms with Crippen LogP contribution in [0.2, 0.25) is 0 Å². The van der Waals surface area contributed by atoms with Crippen molar-refractivity contribution in [3.63, 3.8) is 0 Å². The predicted octanol–water partition coefficient (Wildman–Crippen LogP) is 3.25. The van der Waals surface area contributed by atoms with E-state index in [9.17, 15) is 4.79 Å². The maximum absolute atomic E-state index is 12.5. The van der Waals surface area contributed by atoms with Crippen LogP contribution in [-0.4, -0.2) is 43.6 Å². The van der Waals surface area contributed by atoms with Crippen molar-refractivity contribution in [1.82, 2.24) is 24.6 Å². The summed E-state index contributed by atoms with van der Waals surface area (Å²) in [6, 6.07) is 8.52. The molecule has 0 unspecified atom stereocenters. The number of nitrogens with one attached hydrogen (secondary N) is 1. The fourth-order valence-electron chi connectivity index (χ4n) is 4.14. The summed E-state index contributed by atoms with van der Waals surface area (Å²) in [6.07, 6.45) is 6.69. The molecule has 0 atom stereocenters. The molecule has 3 aromatic rings. The number of piperidine rings is 1. The maximum Gasteiger partial charge on any atom is 0.222 e. The number of para-hydroxylation sites is 1. The van der Waals surface area contributed by atoms with E-state index in [1.165, 1.54) is 28.5 Å². The van der Waals surface area contributed by atoms with E-state index in [0.29, 0.717) is 12.3 Å². The van der Waals surface area contributed by atoms with Gasteiger partial charge in [0.25, 0.3) is 0 Å². The van der Waals surface area contributed by atoms with Crippen molar-refractivity contribution in [2.24, 2.45) is 0 Å². The van der Waals surface area contributed by atoms with Crippen LogP contribution in [0.25, 0.3) is 10.9 Å². The van der Waals surface area contributed by atoms with Crippen LogP contribution in [-0.2, 0) is 11.3 Å². The average Bonchev–Trinajstić information content (AvgIpc) is 3.28. The summed E-state index contributed by atoms with van der Waals surface area (Å²) in [4.78, 5) is 21.9. The number of aryl methyl sites for hydroxylation is 2. The van der Waals surface area contributed by atoms with E-state index >= 15 is 0 Å². The van der Waals surface area contributed by atoms with Crippen LogP contribution in [0.15, 0.2) is 36.9 Å². The zero-order chi connectivity index (χ0) is 17.9. The van der Waals surface area contributed by atoms with Gasteiger partial charge in [0.2, 0.25) is 5.91 Å². The number of amides is 1. The van der Waals surface area contributed by atoms with Gasteiger partial charge in [-0.05, 0) is 43.7 Å². The average molecular weight is 351 g/mol.